The molecule has 3 rings (SSSR count). The van der Waals surface area contributed by atoms with Gasteiger partial charge in [-0.05, 0) is 36.6 Å². The van der Waals surface area contributed by atoms with Gasteiger partial charge in [0.2, 0.25) is 0 Å². The lowest BCUT2D eigenvalue weighted by Crippen LogP contribution is -2.43. The first-order valence-electron chi connectivity index (χ1n) is 8.31. The Balaban J connectivity index is 2.14. The number of aromatic nitrogens is 2. The Morgan fingerprint density at radius 3 is 2.77 bits per heavy atom. The van der Waals surface area contributed by atoms with Gasteiger partial charge in [0.05, 0.1) is 18.2 Å². The van der Waals surface area contributed by atoms with Crippen molar-refractivity contribution in [3.8, 4) is 6.07 Å². The van der Waals surface area contributed by atoms with E-state index in [1.165, 1.54) is 35.9 Å². The minimum absolute atomic E-state index is 0.00587. The second kappa shape index (κ2) is 7.00. The predicted molar refractivity (Wildman–Crippen MR) is 96.7 cm³/mol. The van der Waals surface area contributed by atoms with E-state index >= 15 is 0 Å². The molecule has 1 fully saturated rings. The van der Waals surface area contributed by atoms with Crippen LogP contribution in [0.25, 0.3) is 0 Å². The Labute approximate surface area is 150 Å². The van der Waals surface area contributed by atoms with Gasteiger partial charge in [-0.3, -0.25) is 13.9 Å². The first kappa shape index (κ1) is 17.7. The summed E-state index contributed by atoms with van der Waals surface area (Å²) in [6.07, 6.45) is 1.79. The Morgan fingerprint density at radius 1 is 1.31 bits per heavy atom. The highest BCUT2D eigenvalue weighted by molar-refractivity contribution is 5.44. The van der Waals surface area contributed by atoms with E-state index in [1.54, 1.807) is 0 Å². The molecule has 0 spiro atoms. The smallest absolute Gasteiger partial charge is 0.332 e. The van der Waals surface area contributed by atoms with Crippen LogP contribution < -0.4 is 16.1 Å². The van der Waals surface area contributed by atoms with Crippen molar-refractivity contribution < 1.29 is 4.39 Å². The van der Waals surface area contributed by atoms with Gasteiger partial charge < -0.3 is 4.90 Å². The third-order valence-electron chi connectivity index (χ3n) is 4.59. The fraction of sp³-hybridized carbons (Fsp3) is 0.316. The van der Waals surface area contributed by atoms with Gasteiger partial charge >= 0.3 is 5.69 Å². The highest BCUT2D eigenvalue weighted by atomic mass is 19.1. The zero-order valence-electron chi connectivity index (χ0n) is 14.5. The third kappa shape index (κ3) is 3.31. The second-order valence-corrected chi connectivity index (χ2v) is 6.46. The molecule has 2 aromatic rings. The van der Waals surface area contributed by atoms with E-state index in [0.717, 1.165) is 23.0 Å². The normalized spacial score (nSPS) is 14.3. The molecule has 6 nitrogen and oxygen atoms in total. The van der Waals surface area contributed by atoms with Crippen LogP contribution in [0.1, 0.15) is 24.0 Å². The zero-order chi connectivity index (χ0) is 18.8. The molecule has 1 aromatic heterocycles. The van der Waals surface area contributed by atoms with Crippen LogP contribution >= 0.6 is 0 Å². The van der Waals surface area contributed by atoms with Crippen LogP contribution in [-0.4, -0.2) is 22.2 Å². The van der Waals surface area contributed by atoms with Gasteiger partial charge in [0.15, 0.2) is 0 Å². The lowest BCUT2D eigenvalue weighted by Gasteiger charge is -2.32. The van der Waals surface area contributed by atoms with Crippen LogP contribution in [0.5, 0.6) is 0 Å². The molecule has 0 bridgehead atoms. The summed E-state index contributed by atoms with van der Waals surface area (Å²) in [6, 6.07) is 7.27. The molecule has 1 aliphatic rings. The lowest BCUT2D eigenvalue weighted by molar-refractivity contribution is 0.595. The molecule has 0 amide bonds. The third-order valence-corrected chi connectivity index (χ3v) is 4.59. The number of rotatable bonds is 3. The van der Waals surface area contributed by atoms with Crippen LogP contribution in [0, 0.1) is 17.1 Å². The van der Waals surface area contributed by atoms with E-state index in [-0.39, 0.29) is 6.54 Å². The molecule has 0 N–H and O–H groups in total. The fourth-order valence-corrected chi connectivity index (χ4v) is 3.19. The minimum Gasteiger partial charge on any atom is -0.354 e. The van der Waals surface area contributed by atoms with Crippen LogP contribution in [0.15, 0.2) is 46.0 Å². The van der Waals surface area contributed by atoms with Gasteiger partial charge in [0, 0.05) is 26.2 Å². The quantitative estimate of drug-likeness (QED) is 0.788. The number of hydrogen-bond donors (Lipinski definition) is 0. The standard InChI is InChI=1S/C19H19FN4O2/c1-13-4-3-7-23(11-13)17-9-18(25)22(2)19(26)24(17)12-15-8-16(20)6-5-14(15)10-21/h5-6,8-9H,1,3-4,7,11-12H2,2H3. The maximum absolute atomic E-state index is 13.7. The van der Waals surface area contributed by atoms with Crippen LogP contribution in [0.2, 0.25) is 0 Å². The summed E-state index contributed by atoms with van der Waals surface area (Å²) in [4.78, 5) is 26.8. The topological polar surface area (TPSA) is 71.0 Å². The number of hydrogen-bond acceptors (Lipinski definition) is 4. The molecule has 1 aromatic carbocycles. The summed E-state index contributed by atoms with van der Waals surface area (Å²) >= 11 is 0. The van der Waals surface area contributed by atoms with Crippen molar-refractivity contribution in [3.63, 3.8) is 0 Å². The molecular formula is C19H19FN4O2. The summed E-state index contributed by atoms with van der Waals surface area (Å²) in [5, 5.41) is 9.27. The highest BCUT2D eigenvalue weighted by Crippen LogP contribution is 2.21. The predicted octanol–water partition coefficient (Wildman–Crippen LogP) is 1.76. The largest absolute Gasteiger partial charge is 0.354 e. The van der Waals surface area contributed by atoms with Gasteiger partial charge in [-0.1, -0.05) is 12.2 Å². The molecule has 1 saturated heterocycles. The average Bonchev–Trinajstić information content (AvgIpc) is 2.62. The van der Waals surface area contributed by atoms with E-state index in [9.17, 15) is 19.2 Å². The molecule has 0 unspecified atom stereocenters. The molecule has 0 radical (unpaired) electrons. The average molecular weight is 354 g/mol. The van der Waals surface area contributed by atoms with Crippen molar-refractivity contribution in [1.82, 2.24) is 9.13 Å². The monoisotopic (exact) mass is 354 g/mol. The SMILES string of the molecule is C=C1CCCN(c2cc(=O)n(C)c(=O)n2Cc2cc(F)ccc2C#N)C1. The van der Waals surface area contributed by atoms with E-state index in [2.05, 4.69) is 6.58 Å². The summed E-state index contributed by atoms with van der Waals surface area (Å²) in [6.45, 7) is 5.26. The number of nitriles is 1. The molecule has 7 heteroatoms. The Morgan fingerprint density at radius 2 is 2.08 bits per heavy atom. The molecule has 0 aliphatic carbocycles. The van der Waals surface area contributed by atoms with Gasteiger partial charge in [-0.15, -0.1) is 0 Å². The summed E-state index contributed by atoms with van der Waals surface area (Å²) < 4.78 is 16.1. The Kier molecular flexibility index (Phi) is 4.76. The van der Waals surface area contributed by atoms with Gasteiger partial charge in [-0.2, -0.15) is 5.26 Å². The van der Waals surface area contributed by atoms with Gasteiger partial charge in [0.25, 0.3) is 5.56 Å². The van der Waals surface area contributed by atoms with E-state index in [0.29, 0.717) is 30.0 Å². The molecule has 1 aliphatic heterocycles. The fourth-order valence-electron chi connectivity index (χ4n) is 3.19. The van der Waals surface area contributed by atoms with Crippen LogP contribution in [0.4, 0.5) is 10.2 Å². The number of piperidine rings is 1. The summed E-state index contributed by atoms with van der Waals surface area (Å²) in [5.41, 5.74) is 0.805. The minimum atomic E-state index is -0.503. The lowest BCUT2D eigenvalue weighted by atomic mass is 10.1. The molecule has 0 saturated carbocycles. The molecular weight excluding hydrogens is 335 g/mol. The first-order chi connectivity index (χ1) is 12.4. The molecule has 2 heterocycles. The van der Waals surface area contributed by atoms with Crippen molar-refractivity contribution in [1.29, 1.82) is 5.26 Å². The molecule has 26 heavy (non-hydrogen) atoms. The maximum Gasteiger partial charge on any atom is 0.332 e. The van der Waals surface area contributed by atoms with Crippen LogP contribution in [0.3, 0.4) is 0 Å². The van der Waals surface area contributed by atoms with Crippen molar-refractivity contribution in [2.45, 2.75) is 19.4 Å². The Bertz CT molecular complexity index is 1030. The van der Waals surface area contributed by atoms with Gasteiger partial charge in [-0.25, -0.2) is 9.18 Å². The summed E-state index contributed by atoms with van der Waals surface area (Å²) in [5.74, 6) is -0.0168. The molecule has 0 atom stereocenters. The van der Waals surface area contributed by atoms with E-state index in [1.807, 2.05) is 11.0 Å². The van der Waals surface area contributed by atoms with Crippen LogP contribution in [-0.2, 0) is 13.6 Å². The highest BCUT2D eigenvalue weighted by Gasteiger charge is 2.20. The van der Waals surface area contributed by atoms with E-state index < -0.39 is 17.1 Å². The second-order valence-electron chi connectivity index (χ2n) is 6.46. The maximum atomic E-state index is 13.7. The number of benzene rings is 1. The first-order valence-corrected chi connectivity index (χ1v) is 8.31. The van der Waals surface area contributed by atoms with Crippen molar-refractivity contribution >= 4 is 5.82 Å². The Hall–Kier alpha value is -3.14. The summed E-state index contributed by atoms with van der Waals surface area (Å²) in [7, 11) is 1.40. The molecule has 134 valence electrons. The zero-order valence-corrected chi connectivity index (χ0v) is 14.5. The van der Waals surface area contributed by atoms with E-state index in [4.69, 9.17) is 0 Å². The van der Waals surface area contributed by atoms with Crippen molar-refractivity contribution in [2.24, 2.45) is 7.05 Å². The van der Waals surface area contributed by atoms with Crippen molar-refractivity contribution in [3.05, 3.63) is 74.2 Å². The van der Waals surface area contributed by atoms with Crippen molar-refractivity contribution in [2.75, 3.05) is 18.0 Å². The number of nitrogens with zero attached hydrogens (tertiary/aromatic N) is 4. The number of anilines is 1. The van der Waals surface area contributed by atoms with Gasteiger partial charge in [0.1, 0.15) is 11.6 Å². The number of halogens is 1.